The lowest BCUT2D eigenvalue weighted by Gasteiger charge is -2.13. The Morgan fingerprint density at radius 2 is 1.73 bits per heavy atom. The fraction of sp³-hybridized carbons (Fsp3) is 0. The maximum atomic E-state index is 12.7. The Morgan fingerprint density at radius 1 is 1.04 bits per heavy atom. The van der Waals surface area contributed by atoms with Gasteiger partial charge in [0.25, 0.3) is 5.91 Å². The third kappa shape index (κ3) is 2.50. The highest BCUT2D eigenvalue weighted by atomic mass is 35.5. The second-order valence-electron chi connectivity index (χ2n) is 5.79. The first-order chi connectivity index (χ1) is 12.6. The zero-order valence-corrected chi connectivity index (χ0v) is 14.2. The standard InChI is InChI=1S/C20H13ClN2O3/c21-23-17-9-5-4-8-15(17)16(18(23)20(25)26)12-13-10-11-22(19(13)24)14-6-2-1-3-7-14/h1-12H,(H,25,26). The van der Waals surface area contributed by atoms with Crippen molar-refractivity contribution in [2.75, 3.05) is 4.90 Å². The van der Waals surface area contributed by atoms with Gasteiger partial charge in [-0.1, -0.05) is 36.4 Å². The van der Waals surface area contributed by atoms with Crippen molar-refractivity contribution in [1.29, 1.82) is 0 Å². The average Bonchev–Trinajstić information content (AvgIpc) is 3.15. The monoisotopic (exact) mass is 364 g/mol. The number of carbonyl (C=O) groups is 2. The van der Waals surface area contributed by atoms with Crippen molar-refractivity contribution >= 4 is 46.3 Å². The first-order valence-electron chi connectivity index (χ1n) is 7.89. The number of fused-ring (bicyclic) bond motifs is 1. The van der Waals surface area contributed by atoms with Gasteiger partial charge in [-0.2, -0.15) is 0 Å². The molecule has 1 aromatic heterocycles. The Kier molecular flexibility index (Phi) is 3.86. The van der Waals surface area contributed by atoms with E-state index in [4.69, 9.17) is 11.8 Å². The number of anilines is 1. The maximum absolute atomic E-state index is 12.7. The highest BCUT2D eigenvalue weighted by Crippen LogP contribution is 2.31. The van der Waals surface area contributed by atoms with E-state index in [0.717, 1.165) is 9.77 Å². The summed E-state index contributed by atoms with van der Waals surface area (Å²) in [5.74, 6) is -1.38. The van der Waals surface area contributed by atoms with Crippen molar-refractivity contribution in [3.63, 3.8) is 0 Å². The van der Waals surface area contributed by atoms with Gasteiger partial charge in [-0.15, -0.1) is 0 Å². The van der Waals surface area contributed by atoms with Crippen molar-refractivity contribution in [1.82, 2.24) is 4.09 Å². The number of hydrogen-bond acceptors (Lipinski definition) is 2. The third-order valence-corrected chi connectivity index (χ3v) is 4.61. The molecule has 3 aromatic rings. The van der Waals surface area contributed by atoms with Crippen molar-refractivity contribution in [3.05, 3.63) is 83.7 Å². The number of carbonyl (C=O) groups excluding carboxylic acids is 1. The molecule has 1 N–H and O–H groups in total. The van der Waals surface area contributed by atoms with Crippen LogP contribution >= 0.6 is 11.8 Å². The summed E-state index contributed by atoms with van der Waals surface area (Å²) >= 11 is 6.20. The highest BCUT2D eigenvalue weighted by Gasteiger charge is 2.25. The van der Waals surface area contributed by atoms with E-state index in [-0.39, 0.29) is 11.6 Å². The van der Waals surface area contributed by atoms with Crippen LogP contribution in [0.2, 0.25) is 0 Å². The molecule has 0 radical (unpaired) electrons. The molecule has 0 saturated heterocycles. The Hall–Kier alpha value is -3.31. The molecule has 128 valence electrons. The predicted octanol–water partition coefficient (Wildman–Crippen LogP) is 4.29. The van der Waals surface area contributed by atoms with E-state index in [1.807, 2.05) is 30.3 Å². The molecule has 0 fully saturated rings. The van der Waals surface area contributed by atoms with E-state index >= 15 is 0 Å². The maximum Gasteiger partial charge on any atom is 0.354 e. The van der Waals surface area contributed by atoms with Gasteiger partial charge in [0.2, 0.25) is 0 Å². The van der Waals surface area contributed by atoms with E-state index in [1.165, 1.54) is 4.90 Å². The van der Waals surface area contributed by atoms with Crippen LogP contribution in [-0.2, 0) is 4.79 Å². The van der Waals surface area contributed by atoms with Crippen molar-refractivity contribution in [3.8, 4) is 0 Å². The number of carboxylic acid groups (broad SMARTS) is 1. The van der Waals surface area contributed by atoms with Crippen LogP contribution in [0.25, 0.3) is 17.0 Å². The topological polar surface area (TPSA) is 62.5 Å². The van der Waals surface area contributed by atoms with Gasteiger partial charge in [0.05, 0.1) is 5.52 Å². The second kappa shape index (κ2) is 6.20. The Bertz CT molecular complexity index is 1100. The summed E-state index contributed by atoms with van der Waals surface area (Å²) in [6.45, 7) is 0. The Balaban J connectivity index is 1.83. The average molecular weight is 365 g/mol. The molecule has 2 aromatic carbocycles. The number of hydrogen-bond donors (Lipinski definition) is 1. The molecule has 5 nitrogen and oxygen atoms in total. The summed E-state index contributed by atoms with van der Waals surface area (Å²) < 4.78 is 1.11. The van der Waals surface area contributed by atoms with Crippen LogP contribution in [0.15, 0.2) is 72.4 Å². The SMILES string of the molecule is O=C(O)c1c(C=C2C=CN(c3ccccc3)C2=O)c2ccccc2n1Cl. The van der Waals surface area contributed by atoms with Crippen molar-refractivity contribution < 1.29 is 14.7 Å². The summed E-state index contributed by atoms with van der Waals surface area (Å²) in [5.41, 5.74) is 2.05. The van der Waals surface area contributed by atoms with Crippen LogP contribution in [0.3, 0.4) is 0 Å². The molecule has 0 unspecified atom stereocenters. The minimum Gasteiger partial charge on any atom is -0.477 e. The minimum absolute atomic E-state index is 0.0697. The molecule has 4 rings (SSSR count). The van der Waals surface area contributed by atoms with E-state index in [1.54, 1.807) is 42.6 Å². The minimum atomic E-state index is -1.16. The van der Waals surface area contributed by atoms with Gasteiger partial charge in [-0.05, 0) is 30.4 Å². The van der Waals surface area contributed by atoms with Crippen LogP contribution in [0.4, 0.5) is 5.69 Å². The molecule has 1 amide bonds. The summed E-state index contributed by atoms with van der Waals surface area (Å²) in [6.07, 6.45) is 4.91. The zero-order chi connectivity index (χ0) is 18.3. The van der Waals surface area contributed by atoms with Crippen molar-refractivity contribution in [2.24, 2.45) is 0 Å². The van der Waals surface area contributed by atoms with Crippen LogP contribution in [0.5, 0.6) is 0 Å². The van der Waals surface area contributed by atoms with Crippen molar-refractivity contribution in [2.45, 2.75) is 0 Å². The third-order valence-electron chi connectivity index (χ3n) is 4.26. The molecule has 0 atom stereocenters. The number of amides is 1. The van der Waals surface area contributed by atoms with Crippen LogP contribution in [0, 0.1) is 0 Å². The lowest BCUT2D eigenvalue weighted by Crippen LogP contribution is -2.21. The quantitative estimate of drug-likeness (QED) is 0.705. The Labute approximate surface area is 154 Å². The summed E-state index contributed by atoms with van der Waals surface area (Å²) in [7, 11) is 0. The number of aromatic nitrogens is 1. The van der Waals surface area contributed by atoms with Gasteiger partial charge >= 0.3 is 5.97 Å². The second-order valence-corrected chi connectivity index (χ2v) is 6.13. The van der Waals surface area contributed by atoms with E-state index in [9.17, 15) is 14.7 Å². The molecular formula is C20H13ClN2O3. The van der Waals surface area contributed by atoms with Crippen LogP contribution in [-0.4, -0.2) is 21.1 Å². The fourth-order valence-electron chi connectivity index (χ4n) is 3.06. The molecule has 0 saturated carbocycles. The molecule has 0 aliphatic carbocycles. The first kappa shape index (κ1) is 16.2. The number of halogens is 1. The predicted molar refractivity (Wildman–Crippen MR) is 101 cm³/mol. The highest BCUT2D eigenvalue weighted by molar-refractivity contribution is 6.24. The van der Waals surface area contributed by atoms with Gasteiger partial charge in [0, 0.05) is 40.2 Å². The molecule has 26 heavy (non-hydrogen) atoms. The largest absolute Gasteiger partial charge is 0.477 e. The first-order valence-corrected chi connectivity index (χ1v) is 8.23. The molecule has 6 heteroatoms. The van der Waals surface area contributed by atoms with Gasteiger partial charge in [0.15, 0.2) is 5.69 Å². The van der Waals surface area contributed by atoms with Gasteiger partial charge in [-0.3, -0.25) is 9.69 Å². The van der Waals surface area contributed by atoms with Gasteiger partial charge in [0.1, 0.15) is 0 Å². The number of carboxylic acids is 1. The van der Waals surface area contributed by atoms with Gasteiger partial charge in [-0.25, -0.2) is 8.88 Å². The summed E-state index contributed by atoms with van der Waals surface area (Å²) in [6, 6.07) is 16.3. The molecular weight excluding hydrogens is 352 g/mol. The lowest BCUT2D eigenvalue weighted by atomic mass is 10.1. The van der Waals surface area contributed by atoms with Crippen LogP contribution < -0.4 is 4.90 Å². The molecule has 1 aliphatic heterocycles. The van der Waals surface area contributed by atoms with E-state index in [2.05, 4.69) is 0 Å². The fourth-order valence-corrected chi connectivity index (χ4v) is 3.37. The normalized spacial score (nSPS) is 15.3. The lowest BCUT2D eigenvalue weighted by molar-refractivity contribution is -0.113. The smallest absolute Gasteiger partial charge is 0.354 e. The van der Waals surface area contributed by atoms with Crippen LogP contribution in [0.1, 0.15) is 16.1 Å². The molecule has 0 bridgehead atoms. The number of nitrogens with zero attached hydrogens (tertiary/aromatic N) is 2. The van der Waals surface area contributed by atoms with E-state index < -0.39 is 5.97 Å². The summed E-state index contributed by atoms with van der Waals surface area (Å²) in [4.78, 5) is 26.0. The molecule has 2 heterocycles. The van der Waals surface area contributed by atoms with E-state index in [0.29, 0.717) is 22.0 Å². The van der Waals surface area contributed by atoms with Gasteiger partial charge < -0.3 is 5.11 Å². The zero-order valence-electron chi connectivity index (χ0n) is 13.5. The number of para-hydroxylation sites is 2. The molecule has 0 spiro atoms. The number of benzene rings is 2. The molecule has 1 aliphatic rings. The number of aromatic carboxylic acids is 1. The number of rotatable bonds is 3. The Morgan fingerprint density at radius 3 is 2.46 bits per heavy atom. The summed E-state index contributed by atoms with van der Waals surface area (Å²) in [5, 5.41) is 10.2.